The van der Waals surface area contributed by atoms with E-state index in [9.17, 15) is 28.8 Å². The van der Waals surface area contributed by atoms with E-state index in [1.165, 1.54) is 12.7 Å². The molecular weight excluding hydrogens is 539 g/mol. The fourth-order valence-electron chi connectivity index (χ4n) is 5.60. The van der Waals surface area contributed by atoms with Crippen LogP contribution in [0.15, 0.2) is 24.3 Å². The number of hydrogen-bond acceptors (Lipinski definition) is 7. The lowest BCUT2D eigenvalue weighted by Gasteiger charge is -2.38. The minimum Gasteiger partial charge on any atom is -0.469 e. The Hall–Kier alpha value is -3.70. The van der Waals surface area contributed by atoms with E-state index in [1.54, 1.807) is 24.3 Å². The van der Waals surface area contributed by atoms with E-state index in [-0.39, 0.29) is 48.6 Å². The van der Waals surface area contributed by atoms with Crippen LogP contribution in [0.3, 0.4) is 0 Å². The van der Waals surface area contributed by atoms with E-state index < -0.39 is 17.2 Å². The molecule has 1 aliphatic heterocycles. The third-order valence-corrected chi connectivity index (χ3v) is 8.41. The summed E-state index contributed by atoms with van der Waals surface area (Å²) in [5.41, 5.74) is 0.134. The van der Waals surface area contributed by atoms with Crippen molar-refractivity contribution < 1.29 is 33.5 Å². The first-order chi connectivity index (χ1) is 20.1. The summed E-state index contributed by atoms with van der Waals surface area (Å²) < 4.78 is 4.93. The Morgan fingerprint density at radius 3 is 2.26 bits per heavy atom. The van der Waals surface area contributed by atoms with Crippen molar-refractivity contribution in [1.82, 2.24) is 15.5 Å². The van der Waals surface area contributed by atoms with Gasteiger partial charge >= 0.3 is 0 Å². The van der Waals surface area contributed by atoms with Crippen LogP contribution in [0.25, 0.3) is 0 Å². The lowest BCUT2D eigenvalue weighted by Crippen LogP contribution is -2.56. The summed E-state index contributed by atoms with van der Waals surface area (Å²) >= 11 is 0. The molecule has 0 bridgehead atoms. The fourth-order valence-corrected chi connectivity index (χ4v) is 5.60. The number of rotatable bonds is 16. The predicted molar refractivity (Wildman–Crippen MR) is 159 cm³/mol. The van der Waals surface area contributed by atoms with Crippen LogP contribution < -0.4 is 16.0 Å². The maximum atomic E-state index is 12.9. The summed E-state index contributed by atoms with van der Waals surface area (Å²) in [5, 5.41) is 8.15. The van der Waals surface area contributed by atoms with Gasteiger partial charge in [0.15, 0.2) is 0 Å². The van der Waals surface area contributed by atoms with Gasteiger partial charge in [0.25, 0.3) is 0 Å². The Morgan fingerprint density at radius 2 is 1.67 bits per heavy atom. The number of unbranched alkanes of at least 4 members (excludes halogenated alkanes) is 2. The summed E-state index contributed by atoms with van der Waals surface area (Å²) in [5.74, 6) is -1.71. The molecular formula is C30H43BN4O7. The first-order valence-corrected chi connectivity index (χ1v) is 15.0. The van der Waals surface area contributed by atoms with E-state index >= 15 is 0 Å². The molecule has 0 spiro atoms. The van der Waals surface area contributed by atoms with Gasteiger partial charge in [-0.15, -0.1) is 0 Å². The first-order valence-electron chi connectivity index (χ1n) is 15.0. The number of likely N-dealkylation sites (tertiary alicyclic amines) is 1. The molecule has 11 nitrogen and oxygen atoms in total. The Bertz CT molecular complexity index is 1150. The third kappa shape index (κ3) is 8.42. The summed E-state index contributed by atoms with van der Waals surface area (Å²) in [6.07, 6.45) is 5.74. The highest BCUT2D eigenvalue weighted by Gasteiger charge is 2.50. The van der Waals surface area contributed by atoms with Gasteiger partial charge in [-0.25, -0.2) is 0 Å². The van der Waals surface area contributed by atoms with E-state index in [4.69, 9.17) is 4.74 Å². The quantitative estimate of drug-likeness (QED) is 0.117. The van der Waals surface area contributed by atoms with Crippen LogP contribution in [0.4, 0.5) is 10.5 Å². The van der Waals surface area contributed by atoms with E-state index in [0.29, 0.717) is 50.9 Å². The van der Waals surface area contributed by atoms with Gasteiger partial charge in [0.1, 0.15) is 12.0 Å². The molecule has 1 unspecified atom stereocenters. The zero-order chi connectivity index (χ0) is 30.7. The highest BCUT2D eigenvalue weighted by atomic mass is 16.5. The van der Waals surface area contributed by atoms with Crippen LogP contribution in [-0.4, -0.2) is 67.8 Å². The molecule has 3 rings (SSSR count). The molecule has 1 heterocycles. The molecule has 0 aromatic heterocycles. The van der Waals surface area contributed by atoms with Crippen LogP contribution in [0.5, 0.6) is 0 Å². The number of carbonyl (C=O) groups excluding carboxylic acids is 6. The molecule has 1 atom stereocenters. The average Bonchev–Trinajstić information content (AvgIpc) is 3.21. The smallest absolute Gasteiger partial charge is 0.243 e. The van der Waals surface area contributed by atoms with Crippen LogP contribution in [-0.2, 0) is 35.3 Å². The van der Waals surface area contributed by atoms with Crippen LogP contribution in [0.1, 0.15) is 77.2 Å². The highest BCUT2D eigenvalue weighted by molar-refractivity contribution is 6.55. The summed E-state index contributed by atoms with van der Waals surface area (Å²) in [4.78, 5) is 75.6. The molecule has 228 valence electrons. The number of benzene rings is 1. The minimum absolute atomic E-state index is 0.0530. The molecule has 1 saturated carbocycles. The number of amides is 5. The maximum absolute atomic E-state index is 12.9. The number of ether oxygens (including phenoxy) is 1. The van der Waals surface area contributed by atoms with Gasteiger partial charge in [0.2, 0.25) is 43.3 Å². The Morgan fingerprint density at radius 1 is 1.00 bits per heavy atom. The monoisotopic (exact) mass is 582 g/mol. The van der Waals surface area contributed by atoms with Gasteiger partial charge in [-0.3, -0.25) is 33.7 Å². The first kappa shape index (κ1) is 32.8. The number of nitrogens with zero attached hydrogens (tertiary/aromatic N) is 1. The molecule has 1 saturated heterocycles. The zero-order valence-electron chi connectivity index (χ0n) is 25.0. The van der Waals surface area contributed by atoms with Crippen molar-refractivity contribution in [3.05, 3.63) is 29.8 Å². The van der Waals surface area contributed by atoms with E-state index in [0.717, 1.165) is 31.2 Å². The minimum atomic E-state index is -1.17. The standard InChI is InChI=1S/C30H43BN4O7/c1-3-21(4-2)23-17-25(37)35(26(23)38)16-7-5-6-15-32-27(39)30(13-8-14-30)28(40)33-18-24(36)34-22-11-9-20(10-12-22)19-42-29(31)41/h9-12,21,23H,3-8,13-19,31H2,1-2H3,(H,32,39)(H,33,40)(H,34,36). The molecule has 2 aliphatic rings. The van der Waals surface area contributed by atoms with Gasteiger partial charge in [-0.05, 0) is 55.7 Å². The van der Waals surface area contributed by atoms with Crippen LogP contribution in [0, 0.1) is 17.3 Å². The molecule has 5 amide bonds. The number of nitrogens with one attached hydrogen (secondary N) is 3. The average molecular weight is 583 g/mol. The summed E-state index contributed by atoms with van der Waals surface area (Å²) in [6.45, 7) is 4.76. The number of carbonyl (C=O) groups is 6. The lowest BCUT2D eigenvalue weighted by atomic mass is 9.67. The zero-order valence-corrected chi connectivity index (χ0v) is 25.0. The summed E-state index contributed by atoms with van der Waals surface area (Å²) in [7, 11) is 1.33. The van der Waals surface area contributed by atoms with Gasteiger partial charge in [-0.2, -0.15) is 0 Å². The van der Waals surface area contributed by atoms with Gasteiger partial charge in [0.05, 0.1) is 12.5 Å². The van der Waals surface area contributed by atoms with Gasteiger partial charge in [0, 0.05) is 25.2 Å². The van der Waals surface area contributed by atoms with Crippen molar-refractivity contribution >= 4 is 48.9 Å². The van der Waals surface area contributed by atoms with Crippen molar-refractivity contribution in [3.63, 3.8) is 0 Å². The highest BCUT2D eigenvalue weighted by Crippen LogP contribution is 2.41. The third-order valence-electron chi connectivity index (χ3n) is 8.41. The van der Waals surface area contributed by atoms with Crippen molar-refractivity contribution in [1.29, 1.82) is 0 Å². The fraction of sp³-hybridized carbons (Fsp3) is 0.600. The Labute approximate surface area is 248 Å². The van der Waals surface area contributed by atoms with Crippen molar-refractivity contribution in [3.8, 4) is 0 Å². The lowest BCUT2D eigenvalue weighted by molar-refractivity contribution is -0.150. The Balaban J connectivity index is 1.35. The Kier molecular flexibility index (Phi) is 12.1. The SMILES string of the molecule is BC(=O)OCc1ccc(NC(=O)CNC(=O)C2(C(=O)NCCCCCN3C(=O)CC(C(CC)CC)C3=O)CCC2)cc1. The molecule has 42 heavy (non-hydrogen) atoms. The topological polar surface area (TPSA) is 151 Å². The van der Waals surface area contributed by atoms with Gasteiger partial charge < -0.3 is 20.7 Å². The number of hydrogen-bond donors (Lipinski definition) is 3. The second-order valence-corrected chi connectivity index (χ2v) is 11.2. The van der Waals surface area contributed by atoms with Crippen molar-refractivity contribution in [2.24, 2.45) is 17.3 Å². The molecule has 3 N–H and O–H groups in total. The predicted octanol–water partition coefficient (Wildman–Crippen LogP) is 2.28. The summed E-state index contributed by atoms with van der Waals surface area (Å²) in [6, 6.07) is 6.79. The second kappa shape index (κ2) is 15.5. The molecule has 1 aromatic carbocycles. The maximum Gasteiger partial charge on any atom is 0.243 e. The van der Waals surface area contributed by atoms with E-state index in [1.807, 2.05) is 0 Å². The van der Waals surface area contributed by atoms with Crippen LogP contribution >= 0.6 is 0 Å². The molecule has 2 fully saturated rings. The molecule has 1 aromatic rings. The molecule has 0 radical (unpaired) electrons. The normalized spacial score (nSPS) is 17.5. The van der Waals surface area contributed by atoms with Crippen molar-refractivity contribution in [2.45, 2.75) is 78.2 Å². The largest absolute Gasteiger partial charge is 0.469 e. The van der Waals surface area contributed by atoms with E-state index in [2.05, 4.69) is 29.8 Å². The number of anilines is 1. The van der Waals surface area contributed by atoms with Gasteiger partial charge in [-0.1, -0.05) is 45.2 Å². The molecule has 12 heteroatoms. The second-order valence-electron chi connectivity index (χ2n) is 11.2. The molecule has 1 aliphatic carbocycles. The number of imide groups is 1. The van der Waals surface area contributed by atoms with Crippen molar-refractivity contribution in [2.75, 3.05) is 25.0 Å². The van der Waals surface area contributed by atoms with Crippen LogP contribution in [0.2, 0.25) is 0 Å².